The molecule has 6 heteroatoms. The van der Waals surface area contributed by atoms with Crippen molar-refractivity contribution in [1.29, 1.82) is 0 Å². The average molecular weight is 386 g/mol. The average Bonchev–Trinajstić information content (AvgIpc) is 3.39. The van der Waals surface area contributed by atoms with E-state index in [1.165, 1.54) is 10.9 Å². The van der Waals surface area contributed by atoms with Crippen LogP contribution in [0, 0.1) is 5.92 Å². The van der Waals surface area contributed by atoms with Gasteiger partial charge in [-0.1, -0.05) is 18.2 Å². The smallest absolute Gasteiger partial charge is 0.261 e. The van der Waals surface area contributed by atoms with E-state index in [9.17, 15) is 4.79 Å². The zero-order chi connectivity index (χ0) is 19.8. The molecule has 3 aromatic heterocycles. The molecule has 4 aromatic rings. The third kappa shape index (κ3) is 3.15. The van der Waals surface area contributed by atoms with Gasteiger partial charge < -0.3 is 13.9 Å². The second-order valence-electron chi connectivity index (χ2n) is 7.55. The number of ether oxygens (including phenoxy) is 1. The lowest BCUT2D eigenvalue weighted by Crippen LogP contribution is -2.23. The molecule has 0 amide bonds. The van der Waals surface area contributed by atoms with Crippen molar-refractivity contribution in [3.63, 3.8) is 0 Å². The van der Waals surface area contributed by atoms with Gasteiger partial charge >= 0.3 is 0 Å². The highest BCUT2D eigenvalue weighted by molar-refractivity contribution is 5.81. The van der Waals surface area contributed by atoms with Crippen LogP contribution in [-0.2, 0) is 18.2 Å². The molecular formula is C23H22N4O2. The van der Waals surface area contributed by atoms with Crippen LogP contribution in [-0.4, -0.2) is 32.3 Å². The highest BCUT2D eigenvalue weighted by Crippen LogP contribution is 2.33. The number of rotatable bonds is 4. The molecule has 4 heterocycles. The van der Waals surface area contributed by atoms with Crippen LogP contribution in [0.3, 0.4) is 0 Å². The molecular weight excluding hydrogens is 364 g/mol. The van der Waals surface area contributed by atoms with Gasteiger partial charge in [-0.05, 0) is 36.2 Å². The minimum absolute atomic E-state index is 0.0458. The predicted octanol–water partition coefficient (Wildman–Crippen LogP) is 3.23. The Labute approximate surface area is 168 Å². The van der Waals surface area contributed by atoms with Gasteiger partial charge in [0.05, 0.1) is 30.3 Å². The molecule has 1 aliphatic heterocycles. The summed E-state index contributed by atoms with van der Waals surface area (Å²) in [6.45, 7) is 1.30. The Bertz CT molecular complexity index is 1220. The summed E-state index contributed by atoms with van der Waals surface area (Å²) in [7, 11) is 1.76. The van der Waals surface area contributed by atoms with E-state index in [1.54, 1.807) is 24.0 Å². The molecule has 0 bridgehead atoms. The van der Waals surface area contributed by atoms with Gasteiger partial charge in [0.1, 0.15) is 5.82 Å². The molecule has 0 spiro atoms. The predicted molar refractivity (Wildman–Crippen MR) is 112 cm³/mol. The zero-order valence-electron chi connectivity index (χ0n) is 16.2. The van der Waals surface area contributed by atoms with Gasteiger partial charge in [0.2, 0.25) is 0 Å². The molecule has 1 aromatic carbocycles. The number of hydrogen-bond acceptors (Lipinski definition) is 4. The van der Waals surface area contributed by atoms with Gasteiger partial charge in [0.25, 0.3) is 5.56 Å². The van der Waals surface area contributed by atoms with Crippen LogP contribution in [0.4, 0.5) is 0 Å². The number of aryl methyl sites for hydroxylation is 1. The fourth-order valence-electron chi connectivity index (χ4n) is 4.26. The summed E-state index contributed by atoms with van der Waals surface area (Å²) in [6, 6.07) is 14.2. The molecule has 29 heavy (non-hydrogen) atoms. The van der Waals surface area contributed by atoms with Crippen molar-refractivity contribution in [2.45, 2.75) is 12.5 Å². The quantitative estimate of drug-likeness (QED) is 0.540. The van der Waals surface area contributed by atoms with Crippen molar-refractivity contribution in [2.24, 2.45) is 13.0 Å². The first-order chi connectivity index (χ1) is 14.2. The fraction of sp³-hybridized carbons (Fsp3) is 0.261. The van der Waals surface area contributed by atoms with Crippen molar-refractivity contribution in [3.8, 4) is 11.4 Å². The number of pyridine rings is 2. The normalized spacial score (nSPS) is 19.1. The van der Waals surface area contributed by atoms with Crippen molar-refractivity contribution >= 4 is 10.9 Å². The Morgan fingerprint density at radius 3 is 2.86 bits per heavy atom. The zero-order valence-corrected chi connectivity index (χ0v) is 16.2. The summed E-state index contributed by atoms with van der Waals surface area (Å²) in [4.78, 5) is 21.6. The van der Waals surface area contributed by atoms with Crippen LogP contribution in [0.25, 0.3) is 22.3 Å². The Morgan fingerprint density at radius 2 is 1.93 bits per heavy atom. The van der Waals surface area contributed by atoms with Gasteiger partial charge in [-0.15, -0.1) is 0 Å². The number of fused-ring (bicyclic) bond motifs is 1. The van der Waals surface area contributed by atoms with Crippen LogP contribution in [0.1, 0.15) is 11.6 Å². The first-order valence-corrected chi connectivity index (χ1v) is 9.81. The molecule has 0 radical (unpaired) electrons. The summed E-state index contributed by atoms with van der Waals surface area (Å²) in [5.74, 6) is 0.993. The Balaban J connectivity index is 1.50. The first-order valence-electron chi connectivity index (χ1n) is 9.81. The molecule has 1 aliphatic rings. The van der Waals surface area contributed by atoms with Crippen molar-refractivity contribution in [3.05, 3.63) is 83.2 Å². The molecule has 5 rings (SSSR count). The molecule has 2 atom stereocenters. The van der Waals surface area contributed by atoms with Gasteiger partial charge in [-0.25, -0.2) is 4.98 Å². The lowest BCUT2D eigenvalue weighted by molar-refractivity contribution is 0.181. The van der Waals surface area contributed by atoms with Crippen molar-refractivity contribution in [1.82, 2.24) is 19.1 Å². The number of benzene rings is 1. The van der Waals surface area contributed by atoms with E-state index in [0.717, 1.165) is 11.9 Å². The number of aromatic nitrogens is 4. The SMILES string of the molecule is Cn1cccc(-c2nccn2[C@@H]2COC[C@H]2Cc2ccnc3ccccc23)c1=O. The van der Waals surface area contributed by atoms with E-state index in [0.29, 0.717) is 30.5 Å². The largest absolute Gasteiger partial charge is 0.379 e. The molecule has 0 saturated carbocycles. The van der Waals surface area contributed by atoms with Gasteiger partial charge in [0, 0.05) is 43.1 Å². The Hall–Kier alpha value is -3.25. The topological polar surface area (TPSA) is 61.9 Å². The van der Waals surface area contributed by atoms with Crippen LogP contribution < -0.4 is 5.56 Å². The van der Waals surface area contributed by atoms with E-state index < -0.39 is 0 Å². The Morgan fingerprint density at radius 1 is 1.03 bits per heavy atom. The molecule has 0 unspecified atom stereocenters. The highest BCUT2D eigenvalue weighted by Gasteiger charge is 2.32. The standard InChI is InChI=1S/C23H22N4O2/c1-26-11-4-6-19(23(26)28)22-25-10-12-27(22)21-15-29-14-17(21)13-16-8-9-24-20-7-3-2-5-18(16)20/h2-12,17,21H,13-15H2,1H3/t17-,21-/m1/s1. The second-order valence-corrected chi connectivity index (χ2v) is 7.55. The molecule has 1 saturated heterocycles. The summed E-state index contributed by atoms with van der Waals surface area (Å²) in [5, 5.41) is 1.18. The van der Waals surface area contributed by atoms with E-state index in [2.05, 4.69) is 32.7 Å². The van der Waals surface area contributed by atoms with Crippen molar-refractivity contribution < 1.29 is 4.74 Å². The van der Waals surface area contributed by atoms with Crippen molar-refractivity contribution in [2.75, 3.05) is 13.2 Å². The van der Waals surface area contributed by atoms with Gasteiger partial charge in [0.15, 0.2) is 0 Å². The number of para-hydroxylation sites is 1. The maximum absolute atomic E-state index is 12.6. The van der Waals surface area contributed by atoms with Crippen LogP contribution >= 0.6 is 0 Å². The third-order valence-electron chi connectivity index (χ3n) is 5.78. The summed E-state index contributed by atoms with van der Waals surface area (Å²) < 4.78 is 9.57. The molecule has 1 fully saturated rings. The minimum atomic E-state index is -0.0458. The van der Waals surface area contributed by atoms with E-state index >= 15 is 0 Å². The van der Waals surface area contributed by atoms with Crippen LogP contribution in [0.2, 0.25) is 0 Å². The summed E-state index contributed by atoms with van der Waals surface area (Å²) in [6.07, 6.45) is 8.24. The van der Waals surface area contributed by atoms with E-state index in [4.69, 9.17) is 4.74 Å². The third-order valence-corrected chi connectivity index (χ3v) is 5.78. The minimum Gasteiger partial charge on any atom is -0.379 e. The fourth-order valence-corrected chi connectivity index (χ4v) is 4.26. The number of hydrogen-bond donors (Lipinski definition) is 0. The van der Waals surface area contributed by atoms with Crippen LogP contribution in [0.15, 0.2) is 72.0 Å². The molecule has 146 valence electrons. The lowest BCUT2D eigenvalue weighted by Gasteiger charge is -2.22. The molecule has 6 nitrogen and oxygen atoms in total. The number of nitrogens with zero attached hydrogens (tertiary/aromatic N) is 4. The maximum atomic E-state index is 12.6. The molecule has 0 aliphatic carbocycles. The van der Waals surface area contributed by atoms with Gasteiger partial charge in [-0.2, -0.15) is 0 Å². The monoisotopic (exact) mass is 386 g/mol. The summed E-state index contributed by atoms with van der Waals surface area (Å²) >= 11 is 0. The lowest BCUT2D eigenvalue weighted by atomic mass is 9.93. The Kier molecular flexibility index (Phi) is 4.48. The summed E-state index contributed by atoms with van der Waals surface area (Å²) in [5.41, 5.74) is 2.85. The number of imidazole rings is 1. The second kappa shape index (κ2) is 7.29. The first kappa shape index (κ1) is 17.8. The van der Waals surface area contributed by atoms with E-state index in [-0.39, 0.29) is 11.6 Å². The van der Waals surface area contributed by atoms with Gasteiger partial charge in [-0.3, -0.25) is 9.78 Å². The van der Waals surface area contributed by atoms with Crippen LogP contribution in [0.5, 0.6) is 0 Å². The highest BCUT2D eigenvalue weighted by atomic mass is 16.5. The van der Waals surface area contributed by atoms with E-state index in [1.807, 2.05) is 36.7 Å². The maximum Gasteiger partial charge on any atom is 0.261 e. The molecule has 0 N–H and O–H groups in total.